The molecule has 0 N–H and O–H groups in total. The van der Waals surface area contributed by atoms with E-state index in [1.807, 2.05) is 12.2 Å². The zero-order valence-electron chi connectivity index (χ0n) is 21.9. The fraction of sp³-hybridized carbons (Fsp3) is 0.222. The molecule has 0 saturated heterocycles. The minimum atomic E-state index is -0.0731. The number of hydrogen-bond donors (Lipinski definition) is 0. The molecule has 2 aliphatic carbocycles. The van der Waals surface area contributed by atoms with Crippen LogP contribution in [0.25, 0.3) is 45.5 Å². The predicted octanol–water partition coefficient (Wildman–Crippen LogP) is 10.1. The molecule has 4 aromatic rings. The Morgan fingerprint density at radius 3 is 2.03 bits per heavy atom. The van der Waals surface area contributed by atoms with Crippen molar-refractivity contribution in [1.82, 2.24) is 0 Å². The number of rotatable bonds is 5. The van der Waals surface area contributed by atoms with Crippen LogP contribution in [-0.2, 0) is 5.41 Å². The van der Waals surface area contributed by atoms with Crippen molar-refractivity contribution in [2.24, 2.45) is 0 Å². The summed E-state index contributed by atoms with van der Waals surface area (Å²) in [4.78, 5) is 0. The Bertz CT molecular complexity index is 1560. The van der Waals surface area contributed by atoms with Gasteiger partial charge in [-0.05, 0) is 105 Å². The maximum absolute atomic E-state index is 4.29. The summed E-state index contributed by atoms with van der Waals surface area (Å²) in [5.74, 6) is 0.613. The molecule has 0 amide bonds. The second-order valence-electron chi connectivity index (χ2n) is 11.1. The maximum Gasteiger partial charge on any atom is 0.0159 e. The highest BCUT2D eigenvalue weighted by Gasteiger charge is 2.38. The van der Waals surface area contributed by atoms with E-state index in [1.54, 1.807) is 0 Å². The predicted molar refractivity (Wildman–Crippen MR) is 157 cm³/mol. The van der Waals surface area contributed by atoms with Crippen molar-refractivity contribution in [1.29, 1.82) is 0 Å². The fourth-order valence-electron chi connectivity index (χ4n) is 6.42. The topological polar surface area (TPSA) is 0 Å². The minimum absolute atomic E-state index is 0.0731. The van der Waals surface area contributed by atoms with Gasteiger partial charge in [-0.1, -0.05) is 105 Å². The second-order valence-corrected chi connectivity index (χ2v) is 11.1. The van der Waals surface area contributed by atoms with Gasteiger partial charge in [0, 0.05) is 5.41 Å². The van der Waals surface area contributed by atoms with Crippen molar-refractivity contribution in [3.8, 4) is 33.4 Å². The molecule has 36 heavy (non-hydrogen) atoms. The van der Waals surface area contributed by atoms with E-state index >= 15 is 0 Å². The van der Waals surface area contributed by atoms with Gasteiger partial charge in [0.2, 0.25) is 0 Å². The number of benzene rings is 4. The fourth-order valence-corrected chi connectivity index (χ4v) is 6.42. The van der Waals surface area contributed by atoms with Gasteiger partial charge in [-0.3, -0.25) is 0 Å². The molecule has 0 heteroatoms. The maximum atomic E-state index is 4.29. The number of aryl methyl sites for hydroxylation is 2. The zero-order chi connectivity index (χ0) is 25.2. The number of fused-ring (bicyclic) bond motifs is 3. The smallest absolute Gasteiger partial charge is 0.0159 e. The Kier molecular flexibility index (Phi) is 5.20. The van der Waals surface area contributed by atoms with Gasteiger partial charge in [-0.2, -0.15) is 0 Å². The lowest BCUT2D eigenvalue weighted by Gasteiger charge is -2.25. The van der Waals surface area contributed by atoms with Crippen molar-refractivity contribution < 1.29 is 0 Å². The van der Waals surface area contributed by atoms with E-state index in [0.29, 0.717) is 5.92 Å². The highest BCUT2D eigenvalue weighted by molar-refractivity contribution is 5.96. The summed E-state index contributed by atoms with van der Waals surface area (Å²) in [5.41, 5.74) is 17.3. The summed E-state index contributed by atoms with van der Waals surface area (Å²) >= 11 is 0. The van der Waals surface area contributed by atoms with Gasteiger partial charge in [-0.25, -0.2) is 0 Å². The molecular formula is C36H34. The van der Waals surface area contributed by atoms with Crippen LogP contribution in [0.5, 0.6) is 0 Å². The van der Waals surface area contributed by atoms with Crippen LogP contribution in [0.4, 0.5) is 0 Å². The number of hydrogen-bond acceptors (Lipinski definition) is 0. The lowest BCUT2D eigenvalue weighted by Crippen LogP contribution is -2.15. The summed E-state index contributed by atoms with van der Waals surface area (Å²) in [6.45, 7) is 17.7. The Balaban J connectivity index is 1.68. The van der Waals surface area contributed by atoms with Crippen molar-refractivity contribution in [3.05, 3.63) is 119 Å². The van der Waals surface area contributed by atoms with E-state index in [1.165, 1.54) is 85.2 Å². The zero-order valence-corrected chi connectivity index (χ0v) is 21.9. The lowest BCUT2D eigenvalue weighted by molar-refractivity contribution is 0.660. The van der Waals surface area contributed by atoms with Crippen molar-refractivity contribution >= 4 is 12.2 Å². The van der Waals surface area contributed by atoms with E-state index in [-0.39, 0.29) is 5.41 Å². The molecule has 0 bridgehead atoms. The second kappa shape index (κ2) is 8.20. The van der Waals surface area contributed by atoms with E-state index in [9.17, 15) is 0 Å². The molecule has 0 aliphatic heterocycles. The molecular weight excluding hydrogens is 432 g/mol. The quantitative estimate of drug-likeness (QED) is 0.274. The van der Waals surface area contributed by atoms with Gasteiger partial charge in [0.25, 0.3) is 0 Å². The van der Waals surface area contributed by atoms with Crippen molar-refractivity contribution in [2.75, 3.05) is 0 Å². The van der Waals surface area contributed by atoms with E-state index in [0.717, 1.165) is 0 Å². The molecule has 0 nitrogen and oxygen atoms in total. The van der Waals surface area contributed by atoms with Crippen LogP contribution in [0.1, 0.15) is 71.6 Å². The molecule has 1 saturated carbocycles. The van der Waals surface area contributed by atoms with Crippen LogP contribution < -0.4 is 0 Å². The van der Waals surface area contributed by atoms with E-state index < -0.39 is 0 Å². The van der Waals surface area contributed by atoms with E-state index in [4.69, 9.17) is 0 Å². The average molecular weight is 467 g/mol. The average Bonchev–Trinajstić information content (AvgIpc) is 3.69. The third-order valence-electron chi connectivity index (χ3n) is 8.42. The monoisotopic (exact) mass is 466 g/mol. The normalized spacial score (nSPS) is 15.3. The highest BCUT2D eigenvalue weighted by Crippen LogP contribution is 2.55. The third-order valence-corrected chi connectivity index (χ3v) is 8.42. The van der Waals surface area contributed by atoms with Gasteiger partial charge in [0.15, 0.2) is 0 Å². The van der Waals surface area contributed by atoms with Crippen LogP contribution in [-0.4, -0.2) is 0 Å². The molecule has 0 unspecified atom stereocenters. The first-order valence-electron chi connectivity index (χ1n) is 13.1. The third kappa shape index (κ3) is 3.28. The molecule has 178 valence electrons. The summed E-state index contributed by atoms with van der Waals surface area (Å²) in [6, 6.07) is 25.0. The molecule has 6 rings (SSSR count). The van der Waals surface area contributed by atoms with Crippen LogP contribution in [0.2, 0.25) is 0 Å². The summed E-state index contributed by atoms with van der Waals surface area (Å²) < 4.78 is 0. The highest BCUT2D eigenvalue weighted by atomic mass is 14.4. The molecule has 2 aliphatic rings. The minimum Gasteiger partial charge on any atom is -0.0984 e. The van der Waals surface area contributed by atoms with Crippen LogP contribution in [0, 0.1) is 13.8 Å². The van der Waals surface area contributed by atoms with E-state index in [2.05, 4.69) is 108 Å². The standard InChI is InChI=1S/C36H34/c1-7-25-26(8-2)35-30-19-16-22(3)20-32(30)36(5,6)33(35)21-31(25)29-15-11-14-28(34(29)24-17-18-24)27-13-10-9-12-23(27)4/h7-16,19-21,24H,1-2,17-18H2,3-6H3. The van der Waals surface area contributed by atoms with Gasteiger partial charge in [0.05, 0.1) is 0 Å². The largest absolute Gasteiger partial charge is 0.0984 e. The molecule has 0 atom stereocenters. The molecule has 0 aromatic heterocycles. The molecule has 0 spiro atoms. The van der Waals surface area contributed by atoms with Gasteiger partial charge < -0.3 is 0 Å². The summed E-state index contributed by atoms with van der Waals surface area (Å²) in [5, 5.41) is 0. The molecule has 4 aromatic carbocycles. The molecule has 0 radical (unpaired) electrons. The lowest BCUT2D eigenvalue weighted by atomic mass is 9.78. The Hall–Kier alpha value is -3.64. The SMILES string of the molecule is C=Cc1c(-c2cccc(-c3ccccc3C)c2C2CC2)cc2c(c1C=C)-c1ccc(C)cc1C2(C)C. The first kappa shape index (κ1) is 22.8. The summed E-state index contributed by atoms with van der Waals surface area (Å²) in [6.07, 6.45) is 6.61. The Morgan fingerprint density at radius 1 is 0.694 bits per heavy atom. The van der Waals surface area contributed by atoms with Crippen LogP contribution in [0.3, 0.4) is 0 Å². The van der Waals surface area contributed by atoms with Crippen molar-refractivity contribution in [3.63, 3.8) is 0 Å². The Labute approximate surface area is 216 Å². The summed E-state index contributed by atoms with van der Waals surface area (Å²) in [7, 11) is 0. The molecule has 0 heterocycles. The van der Waals surface area contributed by atoms with Gasteiger partial charge >= 0.3 is 0 Å². The van der Waals surface area contributed by atoms with Crippen molar-refractivity contribution in [2.45, 2.75) is 51.9 Å². The Morgan fingerprint density at radius 2 is 1.36 bits per heavy atom. The van der Waals surface area contributed by atoms with Crippen LogP contribution >= 0.6 is 0 Å². The van der Waals surface area contributed by atoms with Crippen LogP contribution in [0.15, 0.2) is 79.9 Å². The first-order chi connectivity index (χ1) is 17.4. The first-order valence-corrected chi connectivity index (χ1v) is 13.1. The molecule has 1 fully saturated rings. The van der Waals surface area contributed by atoms with Gasteiger partial charge in [0.1, 0.15) is 0 Å². The van der Waals surface area contributed by atoms with Gasteiger partial charge in [-0.15, -0.1) is 0 Å².